The van der Waals surface area contributed by atoms with Crippen LogP contribution in [0.3, 0.4) is 0 Å². The number of H-pyrrole nitrogens is 5. The van der Waals surface area contributed by atoms with Crippen molar-refractivity contribution in [3.05, 3.63) is 251 Å². The summed E-state index contributed by atoms with van der Waals surface area (Å²) in [5.74, 6) is -0.501. The number of hydrogen-bond acceptors (Lipinski definition) is 16. The van der Waals surface area contributed by atoms with Crippen LogP contribution >= 0.6 is 0 Å². The smallest absolute Gasteiger partial charge is 0.235 e. The third-order valence-electron chi connectivity index (χ3n) is 21.8. The zero-order valence-corrected chi connectivity index (χ0v) is 72.0. The van der Waals surface area contributed by atoms with E-state index in [2.05, 4.69) is 135 Å². The van der Waals surface area contributed by atoms with Gasteiger partial charge in [-0.15, -0.1) is 0 Å². The minimum absolute atomic E-state index is 0.0194. The summed E-state index contributed by atoms with van der Waals surface area (Å²) in [6, 6.07) is 21.5. The quantitative estimate of drug-likeness (QED) is 0.0383. The van der Waals surface area contributed by atoms with Crippen molar-refractivity contribution in [1.29, 1.82) is 0 Å². The van der Waals surface area contributed by atoms with Crippen molar-refractivity contribution in [3.63, 3.8) is 0 Å². The number of allylic oxidation sites excluding steroid dienone is 4. The van der Waals surface area contributed by atoms with Crippen molar-refractivity contribution in [2.45, 2.75) is 145 Å². The normalized spacial score (nSPS) is 12.7. The lowest BCUT2D eigenvalue weighted by Gasteiger charge is -2.13. The highest BCUT2D eigenvalue weighted by atomic mass is 16.3. The Morgan fingerprint density at radius 3 is 1.27 bits per heavy atom. The van der Waals surface area contributed by atoms with Gasteiger partial charge >= 0.3 is 0 Å². The molecule has 0 amide bonds. The van der Waals surface area contributed by atoms with Gasteiger partial charge in [0.1, 0.15) is 23.0 Å². The molecule has 618 valence electrons. The van der Waals surface area contributed by atoms with E-state index in [4.69, 9.17) is 0 Å². The number of nitrogens with zero attached hydrogens (tertiary/aromatic N) is 4. The summed E-state index contributed by atoms with van der Waals surface area (Å²) in [7, 11) is 0. The van der Waals surface area contributed by atoms with Crippen LogP contribution in [-0.4, -0.2) is 99.0 Å². The predicted octanol–water partition coefficient (Wildman–Crippen LogP) is 16.3. The Hall–Kier alpha value is -14.3. The van der Waals surface area contributed by atoms with Crippen LogP contribution in [0, 0.1) is 118 Å². The SMILES string of the molecule is C=C1C(=O)C(=O)C(=C)c2[nH]c(C)cc21.C=c1c(O)c(O)c(C)c2c1=CC(C)=N2.C=c1c(O)c(O)c(C)c2c1=NC(C)=C2.C=c1c(O)cc(C)c2c1=CC(C)=N2.C=c1c(O)cc(C)c2c1=NC(C)=C2.Cc1cc2c(C)c(O)c(O)c(C)c2[nH]1.Cc1cc2c(C)c(O)cc(C)c2[nH]1.Cc1cc2c(C)cc(O)c(C)c2[nH]1.Cc1cc2c(C)ccc(C)c2[nH]1. The van der Waals surface area contributed by atoms with E-state index in [9.17, 15) is 60.7 Å². The average Bonchev–Trinajstić information content (AvgIpc) is 1.64. The fourth-order valence-electron chi connectivity index (χ4n) is 14.8. The second kappa shape index (κ2) is 34.5. The topological polar surface area (TPSA) is 365 Å². The Morgan fingerprint density at radius 2 is 0.692 bits per heavy atom. The Labute approximate surface area is 695 Å². The van der Waals surface area contributed by atoms with E-state index in [0.29, 0.717) is 76.9 Å². The highest BCUT2D eigenvalue weighted by Crippen LogP contribution is 2.40. The number of rotatable bonds is 0. The van der Waals surface area contributed by atoms with Crippen molar-refractivity contribution in [1.82, 2.24) is 24.9 Å². The maximum Gasteiger partial charge on any atom is 0.235 e. The molecule has 0 spiro atoms. The maximum absolute atomic E-state index is 11.4. The fraction of sp³-hybridized carbons (Fsp3) is 0.212. The number of nitrogens with one attached hydrogen (secondary N) is 5. The van der Waals surface area contributed by atoms with Crippen molar-refractivity contribution in [2.75, 3.05) is 0 Å². The molecule has 18 rings (SSSR count). The van der Waals surface area contributed by atoms with E-state index in [1.807, 2.05) is 133 Å². The number of fused-ring (bicyclic) bond motifs is 9. The summed E-state index contributed by atoms with van der Waals surface area (Å²) < 4.78 is 0. The molecule has 0 radical (unpaired) electrons. The third kappa shape index (κ3) is 17.4. The van der Waals surface area contributed by atoms with Crippen molar-refractivity contribution in [2.24, 2.45) is 20.0 Å². The molecular weight excluding hydrogens is 1510 g/mol. The standard InChI is InChI=1S/C11H13NO2.2C11H11NO2.C11H9NO2.C11H13NO.C11H11NO.C11H13NO.C11H11NO.C11H13N/c4*1-5-4-8-6(2)10(13)11(14)7(3)9(8)12-5;2*1-6-4-10(13)8(3)9-5-7(2)12-11(6)9;2*1-6-4-10(13)8(3)11-9(6)5-7(2)12-11;1-7-4-5-8(2)11-10(7)6-9(3)12-11/h4,12-14H,1-3H3;4,13-14H,3H2,1-2H3;4,13-14H,2H2,1,3H3;4,12H,2-3H2,1H3;4-5,12-13H,1-3H3;4-5,13H,3H2,1-2H3;4-5,12-13H,1-3H3;4-5,13H,3H2,1-2H3;4-6,12H,1-3H3. The van der Waals surface area contributed by atoms with Crippen LogP contribution < -0.4 is 42.0 Å². The second-order valence-corrected chi connectivity index (χ2v) is 31.3. The summed E-state index contributed by atoms with van der Waals surface area (Å²) in [4.78, 5) is 56.0. The largest absolute Gasteiger partial charge is 0.508 e. The van der Waals surface area contributed by atoms with Gasteiger partial charge in [-0.3, -0.25) is 29.6 Å². The van der Waals surface area contributed by atoms with E-state index in [0.717, 1.165) is 139 Å². The number of phenolic OH excluding ortho intramolecular Hbond substituents is 10. The van der Waals surface area contributed by atoms with Crippen LogP contribution in [0.4, 0.5) is 11.4 Å². The maximum atomic E-state index is 11.4. The number of aryl methyl sites for hydroxylation is 15. The number of aromatic amines is 5. The van der Waals surface area contributed by atoms with Gasteiger partial charge in [-0.05, 0) is 258 Å². The molecule has 120 heavy (non-hydrogen) atoms. The number of phenols is 10. The molecule has 9 heterocycles. The monoisotopic (exact) mass is 1610 g/mol. The molecule has 13 aromatic rings. The minimum Gasteiger partial charge on any atom is -0.508 e. The number of benzene rings is 8. The lowest BCUT2D eigenvalue weighted by atomic mass is 9.88. The average molecular weight is 1610 g/mol. The van der Waals surface area contributed by atoms with Gasteiger partial charge in [0.2, 0.25) is 11.6 Å². The Kier molecular flexibility index (Phi) is 25.3. The molecule has 21 heteroatoms. The summed E-state index contributed by atoms with van der Waals surface area (Å²) in [6.45, 7) is 62.9. The van der Waals surface area contributed by atoms with Crippen LogP contribution in [0.5, 0.6) is 57.5 Å². The first-order valence-electron chi connectivity index (χ1n) is 38.7. The molecule has 0 saturated heterocycles. The summed E-state index contributed by atoms with van der Waals surface area (Å²) in [6.07, 6.45) is 7.69. The van der Waals surface area contributed by atoms with E-state index >= 15 is 0 Å². The molecule has 4 aliphatic heterocycles. The second-order valence-electron chi connectivity index (χ2n) is 31.3. The molecule has 0 bridgehead atoms. The van der Waals surface area contributed by atoms with Crippen molar-refractivity contribution >= 4 is 140 Å². The van der Waals surface area contributed by atoms with Gasteiger partial charge in [0.05, 0.1) is 38.8 Å². The van der Waals surface area contributed by atoms with E-state index in [1.54, 1.807) is 52.0 Å². The number of ketones is 2. The van der Waals surface area contributed by atoms with Gasteiger partial charge in [0, 0.05) is 176 Å². The van der Waals surface area contributed by atoms with Crippen LogP contribution in [0.15, 0.2) is 111 Å². The van der Waals surface area contributed by atoms with Crippen LogP contribution in [-0.2, 0) is 9.59 Å². The molecule has 8 aromatic carbocycles. The third-order valence-corrected chi connectivity index (χ3v) is 21.8. The predicted molar refractivity (Wildman–Crippen MR) is 489 cm³/mol. The summed E-state index contributed by atoms with van der Waals surface area (Å²) in [5.41, 5.74) is 30.2. The van der Waals surface area contributed by atoms with E-state index in [-0.39, 0.29) is 57.1 Å². The lowest BCUT2D eigenvalue weighted by molar-refractivity contribution is -0.129. The summed E-state index contributed by atoms with van der Waals surface area (Å²) >= 11 is 0. The van der Waals surface area contributed by atoms with E-state index < -0.39 is 11.6 Å². The molecular formula is C99H105N9O12. The van der Waals surface area contributed by atoms with Crippen LogP contribution in [0.2, 0.25) is 0 Å². The molecule has 5 aromatic heterocycles. The van der Waals surface area contributed by atoms with Gasteiger partial charge in [-0.2, -0.15) is 0 Å². The Bertz CT molecular complexity index is 6790. The highest BCUT2D eigenvalue weighted by molar-refractivity contribution is 6.66. The summed E-state index contributed by atoms with van der Waals surface area (Å²) in [5, 5.41) is 106. The van der Waals surface area contributed by atoms with E-state index in [1.165, 1.54) is 33.1 Å². The molecule has 0 fully saturated rings. The lowest BCUT2D eigenvalue weighted by Crippen LogP contribution is -2.26. The highest BCUT2D eigenvalue weighted by Gasteiger charge is 2.32. The van der Waals surface area contributed by atoms with Crippen LogP contribution in [0.1, 0.15) is 145 Å². The number of carbonyl (C=O) groups is 2. The van der Waals surface area contributed by atoms with Gasteiger partial charge in [-0.1, -0.05) is 51.6 Å². The minimum atomic E-state index is -0.565. The first kappa shape index (κ1) is 88.0. The number of hydrogen-bond donors (Lipinski definition) is 15. The number of carbonyl (C=O) groups excluding carboxylic acids is 2. The fourth-order valence-corrected chi connectivity index (χ4v) is 14.8. The van der Waals surface area contributed by atoms with Gasteiger partial charge in [-0.25, -0.2) is 0 Å². The molecule has 0 atom stereocenters. The first-order chi connectivity index (χ1) is 56.1. The van der Waals surface area contributed by atoms with Gasteiger partial charge in [0.15, 0.2) is 34.5 Å². The number of aromatic hydroxyl groups is 10. The molecule has 15 N–H and O–H groups in total. The molecule has 0 saturated carbocycles. The molecule has 1 aliphatic carbocycles. The van der Waals surface area contributed by atoms with Crippen LogP contribution in [0.25, 0.3) is 105 Å². The van der Waals surface area contributed by atoms with Gasteiger partial charge < -0.3 is 76.0 Å². The van der Waals surface area contributed by atoms with Crippen molar-refractivity contribution in [3.8, 4) is 57.5 Å². The molecule has 0 unspecified atom stereocenters. The Balaban J connectivity index is 0.000000142. The van der Waals surface area contributed by atoms with Crippen molar-refractivity contribution < 1.29 is 60.7 Å². The number of aromatic nitrogens is 5. The van der Waals surface area contributed by atoms with Gasteiger partial charge in [0.25, 0.3) is 0 Å². The first-order valence-corrected chi connectivity index (χ1v) is 38.7. The molecule has 5 aliphatic rings. The number of Topliss-reactive ketones (excluding diaryl/α,β-unsaturated/α-hetero) is 2. The zero-order chi connectivity index (χ0) is 88.9. The zero-order valence-electron chi connectivity index (χ0n) is 72.0. The Morgan fingerprint density at radius 1 is 0.292 bits per heavy atom. The number of aliphatic imine (C=N–C) groups is 2. The molecule has 21 nitrogen and oxygen atoms in total.